The van der Waals surface area contributed by atoms with E-state index in [0.29, 0.717) is 36.1 Å². The zero-order chi connectivity index (χ0) is 18.0. The first-order valence-electron chi connectivity index (χ1n) is 9.28. The number of likely N-dealkylation sites (tertiary alicyclic amines) is 1. The number of hydrogen-bond acceptors (Lipinski definition) is 4. The summed E-state index contributed by atoms with van der Waals surface area (Å²) in [7, 11) is 0. The van der Waals surface area contributed by atoms with Crippen molar-refractivity contribution < 1.29 is 19.4 Å². The highest BCUT2D eigenvalue weighted by Gasteiger charge is 2.38. The Bertz CT molecular complexity index is 679. The Labute approximate surface area is 149 Å². The normalized spacial score (nSPS) is 22.6. The summed E-state index contributed by atoms with van der Waals surface area (Å²) in [6.45, 7) is 5.60. The van der Waals surface area contributed by atoms with Gasteiger partial charge in [-0.2, -0.15) is 0 Å². The molecule has 5 nitrogen and oxygen atoms in total. The van der Waals surface area contributed by atoms with Gasteiger partial charge in [0.2, 0.25) is 5.91 Å². The molecule has 1 saturated heterocycles. The summed E-state index contributed by atoms with van der Waals surface area (Å²) in [5.74, 6) is 0.847. The van der Waals surface area contributed by atoms with Gasteiger partial charge >= 0.3 is 0 Å². The number of ketones is 1. The van der Waals surface area contributed by atoms with Crippen molar-refractivity contribution in [2.45, 2.75) is 64.4 Å². The molecule has 1 atom stereocenters. The average Bonchev–Trinajstić information content (AvgIpc) is 3.10. The van der Waals surface area contributed by atoms with Crippen molar-refractivity contribution in [3.8, 4) is 11.5 Å². The molecule has 0 saturated carbocycles. The van der Waals surface area contributed by atoms with E-state index in [1.807, 2.05) is 18.7 Å². The fraction of sp³-hybridized carbons (Fsp3) is 0.600. The van der Waals surface area contributed by atoms with Crippen LogP contribution < -0.4 is 4.74 Å². The molecule has 1 unspecified atom stereocenters. The SMILES string of the molecule is CCCc1c(O)ccc2c1OC(C)(CCC(=O)N1CCCC1)CC2=O. The molecule has 25 heavy (non-hydrogen) atoms. The van der Waals surface area contributed by atoms with E-state index < -0.39 is 5.60 Å². The van der Waals surface area contributed by atoms with Crippen molar-refractivity contribution in [1.82, 2.24) is 4.90 Å². The molecule has 136 valence electrons. The molecule has 0 radical (unpaired) electrons. The van der Waals surface area contributed by atoms with E-state index in [9.17, 15) is 14.7 Å². The lowest BCUT2D eigenvalue weighted by Gasteiger charge is -2.36. The van der Waals surface area contributed by atoms with Crippen LogP contribution in [0.25, 0.3) is 0 Å². The van der Waals surface area contributed by atoms with Crippen LogP contribution >= 0.6 is 0 Å². The number of hydrogen-bond donors (Lipinski definition) is 1. The molecule has 2 aliphatic heterocycles. The second-order valence-electron chi connectivity index (χ2n) is 7.43. The Balaban J connectivity index is 1.77. The number of carbonyl (C=O) groups excluding carboxylic acids is 2. The number of phenolic OH excluding ortho intramolecular Hbond substituents is 1. The minimum Gasteiger partial charge on any atom is -0.508 e. The predicted molar refractivity (Wildman–Crippen MR) is 95.1 cm³/mol. The lowest BCUT2D eigenvalue weighted by molar-refractivity contribution is -0.131. The molecule has 5 heteroatoms. The van der Waals surface area contributed by atoms with E-state index in [2.05, 4.69) is 0 Å². The van der Waals surface area contributed by atoms with Crippen LogP contribution in [0, 0.1) is 0 Å². The summed E-state index contributed by atoms with van der Waals surface area (Å²) in [4.78, 5) is 26.8. The zero-order valence-corrected chi connectivity index (χ0v) is 15.1. The van der Waals surface area contributed by atoms with Crippen LogP contribution in [-0.2, 0) is 11.2 Å². The van der Waals surface area contributed by atoms with Gasteiger partial charge in [0.25, 0.3) is 0 Å². The lowest BCUT2D eigenvalue weighted by Crippen LogP contribution is -2.41. The molecule has 3 rings (SSSR count). The molecule has 2 heterocycles. The molecule has 0 bridgehead atoms. The number of benzene rings is 1. The van der Waals surface area contributed by atoms with E-state index in [4.69, 9.17) is 4.74 Å². The number of Topliss-reactive ketones (excluding diaryl/α,β-unsaturated/α-hetero) is 1. The summed E-state index contributed by atoms with van der Waals surface area (Å²) in [5.41, 5.74) is 0.546. The minimum atomic E-state index is -0.699. The monoisotopic (exact) mass is 345 g/mol. The smallest absolute Gasteiger partial charge is 0.222 e. The second kappa shape index (κ2) is 7.06. The number of aromatic hydroxyl groups is 1. The van der Waals surface area contributed by atoms with Crippen LogP contribution in [0.5, 0.6) is 11.5 Å². The van der Waals surface area contributed by atoms with Crippen molar-refractivity contribution in [2.75, 3.05) is 13.1 Å². The van der Waals surface area contributed by atoms with Gasteiger partial charge in [-0.1, -0.05) is 13.3 Å². The molecule has 2 aliphatic rings. The molecule has 1 amide bonds. The summed E-state index contributed by atoms with van der Waals surface area (Å²) < 4.78 is 6.22. The van der Waals surface area contributed by atoms with Gasteiger partial charge in [-0.05, 0) is 44.7 Å². The Morgan fingerprint density at radius 3 is 2.72 bits per heavy atom. The van der Waals surface area contributed by atoms with Gasteiger partial charge in [0.05, 0.1) is 12.0 Å². The summed E-state index contributed by atoms with van der Waals surface area (Å²) >= 11 is 0. The van der Waals surface area contributed by atoms with Gasteiger partial charge in [-0.3, -0.25) is 9.59 Å². The Morgan fingerprint density at radius 1 is 1.32 bits per heavy atom. The Morgan fingerprint density at radius 2 is 2.04 bits per heavy atom. The number of amides is 1. The van der Waals surface area contributed by atoms with Crippen LogP contribution in [0.1, 0.15) is 68.3 Å². The van der Waals surface area contributed by atoms with Crippen molar-refractivity contribution in [3.63, 3.8) is 0 Å². The standard InChI is InChI=1S/C20H27NO4/c1-3-6-14-16(22)8-7-15-17(23)13-20(2,25-19(14)15)10-9-18(24)21-11-4-5-12-21/h7-8,22H,3-6,9-13H2,1-2H3. The first-order chi connectivity index (χ1) is 11.9. The second-order valence-corrected chi connectivity index (χ2v) is 7.43. The van der Waals surface area contributed by atoms with Gasteiger partial charge in [0.15, 0.2) is 5.78 Å². The number of ether oxygens (including phenoxy) is 1. The van der Waals surface area contributed by atoms with Gasteiger partial charge in [0.1, 0.15) is 17.1 Å². The Kier molecular flexibility index (Phi) is 5.02. The highest BCUT2D eigenvalue weighted by atomic mass is 16.5. The van der Waals surface area contributed by atoms with Crippen molar-refractivity contribution in [2.24, 2.45) is 0 Å². The molecule has 0 spiro atoms. The summed E-state index contributed by atoms with van der Waals surface area (Å²) in [6.07, 6.45) is 4.83. The third-order valence-electron chi connectivity index (χ3n) is 5.25. The average molecular weight is 345 g/mol. The number of rotatable bonds is 5. The quantitative estimate of drug-likeness (QED) is 0.887. The van der Waals surface area contributed by atoms with Crippen LogP contribution in [0.2, 0.25) is 0 Å². The highest BCUT2D eigenvalue weighted by Crippen LogP contribution is 2.41. The first kappa shape index (κ1) is 17.8. The van der Waals surface area contributed by atoms with E-state index in [1.54, 1.807) is 12.1 Å². The van der Waals surface area contributed by atoms with Crippen LogP contribution in [0.15, 0.2) is 12.1 Å². The maximum atomic E-state index is 12.6. The molecular weight excluding hydrogens is 318 g/mol. The van der Waals surface area contributed by atoms with Crippen LogP contribution in [-0.4, -0.2) is 40.4 Å². The molecule has 1 aromatic carbocycles. The number of nitrogens with zero attached hydrogens (tertiary/aromatic N) is 1. The lowest BCUT2D eigenvalue weighted by atomic mass is 9.86. The van der Waals surface area contributed by atoms with Gasteiger partial charge in [-0.25, -0.2) is 0 Å². The molecule has 1 N–H and O–H groups in total. The van der Waals surface area contributed by atoms with E-state index in [-0.39, 0.29) is 23.9 Å². The van der Waals surface area contributed by atoms with Gasteiger partial charge in [0, 0.05) is 25.1 Å². The molecule has 0 aromatic heterocycles. The topological polar surface area (TPSA) is 66.8 Å². The largest absolute Gasteiger partial charge is 0.508 e. The van der Waals surface area contributed by atoms with E-state index in [1.165, 1.54) is 0 Å². The fourth-order valence-electron chi connectivity index (χ4n) is 3.80. The molecular formula is C20H27NO4. The predicted octanol–water partition coefficient (Wildman–Crippen LogP) is 3.47. The van der Waals surface area contributed by atoms with Gasteiger partial charge < -0.3 is 14.7 Å². The summed E-state index contributed by atoms with van der Waals surface area (Å²) in [5, 5.41) is 10.2. The third-order valence-corrected chi connectivity index (χ3v) is 5.25. The number of phenols is 1. The van der Waals surface area contributed by atoms with Crippen molar-refractivity contribution in [3.05, 3.63) is 23.3 Å². The molecule has 1 aromatic rings. The van der Waals surface area contributed by atoms with Gasteiger partial charge in [-0.15, -0.1) is 0 Å². The van der Waals surface area contributed by atoms with Crippen LogP contribution in [0.4, 0.5) is 0 Å². The number of fused-ring (bicyclic) bond motifs is 1. The molecule has 1 fully saturated rings. The van der Waals surface area contributed by atoms with E-state index in [0.717, 1.165) is 32.4 Å². The number of carbonyl (C=O) groups is 2. The Hall–Kier alpha value is -2.04. The maximum Gasteiger partial charge on any atom is 0.222 e. The molecule has 0 aliphatic carbocycles. The van der Waals surface area contributed by atoms with Crippen molar-refractivity contribution in [1.29, 1.82) is 0 Å². The van der Waals surface area contributed by atoms with Crippen molar-refractivity contribution >= 4 is 11.7 Å². The maximum absolute atomic E-state index is 12.6. The highest BCUT2D eigenvalue weighted by molar-refractivity contribution is 6.01. The summed E-state index contributed by atoms with van der Waals surface area (Å²) in [6, 6.07) is 3.21. The fourth-order valence-corrected chi connectivity index (χ4v) is 3.80. The zero-order valence-electron chi connectivity index (χ0n) is 15.1. The van der Waals surface area contributed by atoms with Crippen LogP contribution in [0.3, 0.4) is 0 Å². The minimum absolute atomic E-state index is 0.0229. The third kappa shape index (κ3) is 3.65. The first-order valence-corrected chi connectivity index (χ1v) is 9.28. The van der Waals surface area contributed by atoms with E-state index >= 15 is 0 Å².